The van der Waals surface area contributed by atoms with E-state index in [1.165, 1.54) is 0 Å². The Morgan fingerprint density at radius 1 is 1.15 bits per heavy atom. The monoisotopic (exact) mass is 513 g/mol. The summed E-state index contributed by atoms with van der Waals surface area (Å²) < 4.78 is 9.25. The molecule has 1 amide bonds. The van der Waals surface area contributed by atoms with Crippen molar-refractivity contribution in [3.8, 4) is 11.5 Å². The Labute approximate surface area is 204 Å². The second-order valence-corrected chi connectivity index (χ2v) is 9.37. The average Bonchev–Trinajstić information content (AvgIpc) is 3.43. The Balaban J connectivity index is 1.53. The van der Waals surface area contributed by atoms with Gasteiger partial charge in [-0.15, -0.1) is 0 Å². The fourth-order valence-corrected chi connectivity index (χ4v) is 5.18. The van der Waals surface area contributed by atoms with Crippen molar-refractivity contribution in [2.24, 2.45) is 0 Å². The predicted octanol–water partition coefficient (Wildman–Crippen LogP) is 5.40. The number of anilines is 1. The van der Waals surface area contributed by atoms with Gasteiger partial charge in [-0.05, 0) is 53.8 Å². The van der Waals surface area contributed by atoms with Crippen molar-refractivity contribution in [2.45, 2.75) is 25.6 Å². The summed E-state index contributed by atoms with van der Waals surface area (Å²) in [4.78, 5) is 23.2. The first-order chi connectivity index (χ1) is 16.6. The van der Waals surface area contributed by atoms with Crippen molar-refractivity contribution in [2.75, 3.05) is 11.4 Å². The summed E-state index contributed by atoms with van der Waals surface area (Å²) in [6.07, 6.45) is 4.34. The van der Waals surface area contributed by atoms with E-state index in [2.05, 4.69) is 31.1 Å². The minimum atomic E-state index is -0.251. The molecule has 0 aliphatic carbocycles. The van der Waals surface area contributed by atoms with Crippen LogP contribution >= 0.6 is 15.9 Å². The van der Waals surface area contributed by atoms with E-state index in [-0.39, 0.29) is 11.9 Å². The minimum Gasteiger partial charge on any atom is -0.468 e. The molecule has 6 bridgehead atoms. The van der Waals surface area contributed by atoms with Crippen LogP contribution in [0.5, 0.6) is 11.5 Å². The zero-order valence-electron chi connectivity index (χ0n) is 18.2. The molecule has 4 aromatic rings. The van der Waals surface area contributed by atoms with Crippen LogP contribution in [0.1, 0.15) is 17.7 Å². The molecular weight excluding hydrogens is 494 g/mol. The lowest BCUT2D eigenvalue weighted by atomic mass is 10.1. The highest BCUT2D eigenvalue weighted by Crippen LogP contribution is 2.39. The van der Waals surface area contributed by atoms with Crippen LogP contribution in [0.15, 0.2) is 65.5 Å². The number of ether oxygens (including phenoxy) is 1. The molecule has 2 aliphatic heterocycles. The Morgan fingerprint density at radius 2 is 2.06 bits per heavy atom. The number of carbonyl (C=O) groups excluding carboxylic acids is 1. The number of rotatable bonds is 0. The molecule has 2 aliphatic rings. The summed E-state index contributed by atoms with van der Waals surface area (Å²) in [5, 5.41) is 5.36. The van der Waals surface area contributed by atoms with Gasteiger partial charge in [0.15, 0.2) is 0 Å². The number of fused-ring (bicyclic) bond motifs is 7. The fraction of sp³-hybridized carbons (Fsp3) is 0.192. The van der Waals surface area contributed by atoms with Crippen LogP contribution in [0.2, 0.25) is 0 Å². The van der Waals surface area contributed by atoms with Crippen LogP contribution in [0.3, 0.4) is 0 Å². The lowest BCUT2D eigenvalue weighted by Crippen LogP contribution is -2.38. The summed E-state index contributed by atoms with van der Waals surface area (Å²) >= 11 is 3.64. The molecule has 0 spiro atoms. The molecule has 34 heavy (non-hydrogen) atoms. The van der Waals surface area contributed by atoms with Gasteiger partial charge >= 0.3 is 0 Å². The second kappa shape index (κ2) is 8.28. The van der Waals surface area contributed by atoms with E-state index in [1.807, 2.05) is 58.1 Å². The number of amides is 1. The maximum atomic E-state index is 13.4. The van der Waals surface area contributed by atoms with Crippen molar-refractivity contribution in [3.63, 3.8) is 0 Å². The quantitative estimate of drug-likeness (QED) is 0.320. The Morgan fingerprint density at radius 3 is 2.94 bits per heavy atom. The predicted molar refractivity (Wildman–Crippen MR) is 133 cm³/mol. The standard InChI is InChI=1S/C26H20BrN5O2/c1-28-22-6-2-16-10-25(22)34-18-3-4-19-20(11-18)24(7-5-21(19)27)32-9-8-23(26(32)33)30-13-17-12-29-15-31(17)14-16/h2-7,10-12,15,23,30H,8-9,13-14H2/t23-/m0/s1. The topological polar surface area (TPSA) is 63.8 Å². The van der Waals surface area contributed by atoms with Crippen molar-refractivity contribution in [3.05, 3.63) is 88.2 Å². The molecule has 1 atom stereocenters. The van der Waals surface area contributed by atoms with Gasteiger partial charge < -0.3 is 19.5 Å². The smallest absolute Gasteiger partial charge is 0.244 e. The van der Waals surface area contributed by atoms with Gasteiger partial charge in [-0.25, -0.2) is 9.83 Å². The van der Waals surface area contributed by atoms with Gasteiger partial charge in [0.25, 0.3) is 0 Å². The van der Waals surface area contributed by atoms with E-state index < -0.39 is 0 Å². The first kappa shape index (κ1) is 20.9. The highest BCUT2D eigenvalue weighted by atomic mass is 79.9. The SMILES string of the molecule is [C-]#[N+]c1ccc2cc1Oc1ccc3c(Br)ccc(c3c1)N1CC[C@H](NCc3cncn3C2)C1=O. The maximum Gasteiger partial charge on any atom is 0.244 e. The number of carbonyl (C=O) groups is 1. The minimum absolute atomic E-state index is 0.0635. The van der Waals surface area contributed by atoms with E-state index in [9.17, 15) is 4.79 Å². The molecule has 1 fully saturated rings. The maximum absolute atomic E-state index is 13.4. The number of halogens is 1. The third kappa shape index (κ3) is 3.54. The van der Waals surface area contributed by atoms with E-state index in [0.29, 0.717) is 36.8 Å². The van der Waals surface area contributed by atoms with Crippen molar-refractivity contribution in [1.82, 2.24) is 14.9 Å². The third-order valence-electron chi connectivity index (χ3n) is 6.46. The molecule has 3 heterocycles. The number of hydrogen-bond acceptors (Lipinski definition) is 4. The number of nitrogens with one attached hydrogen (secondary N) is 1. The molecule has 0 unspecified atom stereocenters. The summed E-state index contributed by atoms with van der Waals surface area (Å²) in [7, 11) is 0. The van der Waals surface area contributed by atoms with Crippen LogP contribution in [-0.2, 0) is 17.9 Å². The van der Waals surface area contributed by atoms with Crippen LogP contribution in [-0.4, -0.2) is 28.0 Å². The average molecular weight is 514 g/mol. The Bertz CT molecular complexity index is 1490. The van der Waals surface area contributed by atoms with Crippen LogP contribution in [0.4, 0.5) is 11.4 Å². The van der Waals surface area contributed by atoms with Gasteiger partial charge in [0.05, 0.1) is 30.3 Å². The molecule has 7 nitrogen and oxygen atoms in total. The van der Waals surface area contributed by atoms with E-state index >= 15 is 0 Å². The van der Waals surface area contributed by atoms with Gasteiger partial charge in [-0.3, -0.25) is 4.79 Å². The normalized spacial score (nSPS) is 17.5. The molecule has 1 aromatic heterocycles. The fourth-order valence-electron chi connectivity index (χ4n) is 4.70. The lowest BCUT2D eigenvalue weighted by Gasteiger charge is -2.21. The van der Waals surface area contributed by atoms with Crippen molar-refractivity contribution < 1.29 is 9.53 Å². The van der Waals surface area contributed by atoms with Gasteiger partial charge in [-0.2, -0.15) is 0 Å². The third-order valence-corrected chi connectivity index (χ3v) is 7.15. The summed E-state index contributed by atoms with van der Waals surface area (Å²) in [5.74, 6) is 1.19. The zero-order valence-corrected chi connectivity index (χ0v) is 19.7. The van der Waals surface area contributed by atoms with E-state index in [4.69, 9.17) is 11.3 Å². The highest BCUT2D eigenvalue weighted by molar-refractivity contribution is 9.10. The molecule has 1 N–H and O–H groups in total. The molecule has 0 radical (unpaired) electrons. The van der Waals surface area contributed by atoms with Gasteiger partial charge in [0.1, 0.15) is 11.5 Å². The molecular formula is C26H20BrN5O2. The van der Waals surface area contributed by atoms with Crippen LogP contribution in [0.25, 0.3) is 15.6 Å². The number of imidazole rings is 1. The molecule has 8 heteroatoms. The van der Waals surface area contributed by atoms with Gasteiger partial charge in [0, 0.05) is 35.7 Å². The van der Waals surface area contributed by atoms with Crippen LogP contribution < -0.4 is 15.0 Å². The molecule has 168 valence electrons. The number of benzene rings is 3. The zero-order chi connectivity index (χ0) is 23.2. The van der Waals surface area contributed by atoms with Crippen molar-refractivity contribution >= 4 is 44.0 Å². The van der Waals surface area contributed by atoms with Gasteiger partial charge in [0.2, 0.25) is 11.6 Å². The number of hydrogen-bond donors (Lipinski definition) is 1. The molecule has 1 saturated heterocycles. The summed E-state index contributed by atoms with van der Waals surface area (Å²) in [6.45, 7) is 9.35. The molecule has 0 saturated carbocycles. The van der Waals surface area contributed by atoms with E-state index in [1.54, 1.807) is 12.4 Å². The van der Waals surface area contributed by atoms with Crippen LogP contribution in [0, 0.1) is 6.57 Å². The molecule has 6 rings (SSSR count). The largest absolute Gasteiger partial charge is 0.468 e. The number of nitrogens with zero attached hydrogens (tertiary/aromatic N) is 4. The van der Waals surface area contributed by atoms with Crippen molar-refractivity contribution in [1.29, 1.82) is 0 Å². The Kier molecular flexibility index (Phi) is 5.09. The van der Waals surface area contributed by atoms with E-state index in [0.717, 1.165) is 38.6 Å². The lowest BCUT2D eigenvalue weighted by molar-refractivity contribution is -0.118. The first-order valence-electron chi connectivity index (χ1n) is 11.0. The first-order valence-corrected chi connectivity index (χ1v) is 11.8. The summed E-state index contributed by atoms with van der Waals surface area (Å²) in [5.41, 5.74) is 3.30. The second-order valence-electron chi connectivity index (χ2n) is 8.51. The molecule has 3 aromatic carbocycles. The highest BCUT2D eigenvalue weighted by Gasteiger charge is 2.33. The number of aromatic nitrogens is 2. The summed E-state index contributed by atoms with van der Waals surface area (Å²) in [6, 6.07) is 15.2. The van der Waals surface area contributed by atoms with Gasteiger partial charge in [-0.1, -0.05) is 28.1 Å². The Hall–Kier alpha value is -3.67.